The number of benzene rings is 1. The number of aliphatic hydroxyl groups is 1. The smallest absolute Gasteiger partial charge is 0.337 e. The van der Waals surface area contributed by atoms with Crippen molar-refractivity contribution in [2.75, 3.05) is 5.32 Å². The molecule has 0 bridgehead atoms. The number of anilines is 1. The third kappa shape index (κ3) is 3.82. The van der Waals surface area contributed by atoms with Crippen LogP contribution in [0.15, 0.2) is 36.3 Å². The number of nitrogens with one attached hydrogen (secondary N) is 2. The number of allylic oxidation sites excluding steroid dienone is 1. The van der Waals surface area contributed by atoms with Crippen molar-refractivity contribution in [3.63, 3.8) is 0 Å². The summed E-state index contributed by atoms with van der Waals surface area (Å²) in [5.41, 5.74) is 2.90. The van der Waals surface area contributed by atoms with Crippen molar-refractivity contribution >= 4 is 23.6 Å². The first kappa shape index (κ1) is 17.7. The molecule has 2 rings (SSSR count). The van der Waals surface area contributed by atoms with Gasteiger partial charge in [0.05, 0.1) is 22.8 Å². The molecule has 0 fully saturated rings. The van der Waals surface area contributed by atoms with Crippen molar-refractivity contribution < 1.29 is 15.0 Å². The van der Waals surface area contributed by atoms with E-state index in [1.54, 1.807) is 26.0 Å². The highest BCUT2D eigenvalue weighted by molar-refractivity contribution is 6.10. The highest BCUT2D eigenvalue weighted by atomic mass is 16.4. The van der Waals surface area contributed by atoms with E-state index >= 15 is 0 Å². The molecule has 7 nitrogen and oxygen atoms in total. The molecule has 0 saturated heterocycles. The molecule has 0 atom stereocenters. The van der Waals surface area contributed by atoms with Gasteiger partial charge in [0, 0.05) is 12.4 Å². The third-order valence-corrected chi connectivity index (χ3v) is 3.59. The molecule has 4 N–H and O–H groups in total. The molecule has 2 aromatic rings. The summed E-state index contributed by atoms with van der Waals surface area (Å²) >= 11 is 0. The van der Waals surface area contributed by atoms with Gasteiger partial charge in [0.2, 0.25) is 0 Å². The number of carboxylic acids is 1. The van der Waals surface area contributed by atoms with Crippen molar-refractivity contribution in [3.05, 3.63) is 64.2 Å². The van der Waals surface area contributed by atoms with Gasteiger partial charge in [0.25, 0.3) is 0 Å². The minimum Gasteiger partial charge on any atom is -0.494 e. The van der Waals surface area contributed by atoms with Gasteiger partial charge in [0.1, 0.15) is 5.82 Å². The van der Waals surface area contributed by atoms with E-state index in [0.717, 1.165) is 17.3 Å². The van der Waals surface area contributed by atoms with Crippen molar-refractivity contribution in [3.8, 4) is 6.07 Å². The van der Waals surface area contributed by atoms with Crippen LogP contribution in [0.3, 0.4) is 0 Å². The molecule has 1 aromatic heterocycles. The maximum atomic E-state index is 10.8. The van der Waals surface area contributed by atoms with E-state index < -0.39 is 5.97 Å². The SMILES string of the molecule is Cc1cc(C#N)cc(C)c1/C(C=N)=C(\O)Nc1ccc(C(=O)O)cn1. The summed E-state index contributed by atoms with van der Waals surface area (Å²) in [6.45, 7) is 3.58. The minimum atomic E-state index is -1.09. The largest absolute Gasteiger partial charge is 0.494 e. The summed E-state index contributed by atoms with van der Waals surface area (Å²) in [6.07, 6.45) is 2.18. The number of aryl methyl sites for hydroxylation is 2. The number of carbonyl (C=O) groups is 1. The molecule has 0 aliphatic heterocycles. The van der Waals surface area contributed by atoms with E-state index in [4.69, 9.17) is 15.8 Å². The standard InChI is InChI=1S/C18H16N4O3/c1-10-5-12(7-19)6-11(2)16(10)14(8-20)17(23)22-15-4-3-13(9-21-15)18(24)25/h3-6,8-9,20,23H,1-2H3,(H,21,22)(H,24,25)/b17-14-,20-8?. The van der Waals surface area contributed by atoms with Crippen LogP contribution in [-0.2, 0) is 0 Å². The molecule has 1 heterocycles. The molecule has 7 heteroatoms. The Kier molecular flexibility index (Phi) is 5.15. The van der Waals surface area contributed by atoms with Crippen LogP contribution in [0.5, 0.6) is 0 Å². The topological polar surface area (TPSA) is 130 Å². The predicted molar refractivity (Wildman–Crippen MR) is 93.8 cm³/mol. The van der Waals surface area contributed by atoms with Crippen molar-refractivity contribution in [2.24, 2.45) is 0 Å². The number of hydrogen-bond donors (Lipinski definition) is 4. The molecular formula is C18H16N4O3. The van der Waals surface area contributed by atoms with Crippen LogP contribution >= 0.6 is 0 Å². The number of aromatic carboxylic acids is 1. The Bertz CT molecular complexity index is 886. The molecular weight excluding hydrogens is 320 g/mol. The number of hydrogen-bond acceptors (Lipinski definition) is 6. The lowest BCUT2D eigenvalue weighted by molar-refractivity contribution is 0.0696. The minimum absolute atomic E-state index is 0.0279. The van der Waals surface area contributed by atoms with Gasteiger partial charge in [-0.1, -0.05) is 0 Å². The number of aromatic nitrogens is 1. The number of pyridine rings is 1. The molecule has 0 radical (unpaired) electrons. The number of aliphatic hydroxyl groups excluding tert-OH is 1. The lowest BCUT2D eigenvalue weighted by atomic mass is 9.94. The maximum Gasteiger partial charge on any atom is 0.337 e. The fraction of sp³-hybridized carbons (Fsp3) is 0.111. The average Bonchev–Trinajstić information content (AvgIpc) is 2.58. The van der Waals surface area contributed by atoms with E-state index in [2.05, 4.69) is 16.4 Å². The summed E-state index contributed by atoms with van der Waals surface area (Å²) in [6, 6.07) is 8.20. The maximum absolute atomic E-state index is 10.8. The molecule has 0 saturated carbocycles. The van der Waals surface area contributed by atoms with Crippen LogP contribution < -0.4 is 5.32 Å². The Morgan fingerprint density at radius 2 is 1.92 bits per heavy atom. The Labute approximate surface area is 144 Å². The van der Waals surface area contributed by atoms with Gasteiger partial charge in [-0.2, -0.15) is 5.26 Å². The quantitative estimate of drug-likeness (QED) is 0.490. The van der Waals surface area contributed by atoms with E-state index in [0.29, 0.717) is 11.1 Å². The lowest BCUT2D eigenvalue weighted by Crippen LogP contribution is -2.08. The summed E-state index contributed by atoms with van der Waals surface area (Å²) < 4.78 is 0. The van der Waals surface area contributed by atoms with Crippen LogP contribution in [0.4, 0.5) is 5.82 Å². The van der Waals surface area contributed by atoms with Crippen LogP contribution in [0, 0.1) is 30.6 Å². The third-order valence-electron chi connectivity index (χ3n) is 3.59. The van der Waals surface area contributed by atoms with Crippen LogP contribution in [0.2, 0.25) is 0 Å². The zero-order valence-electron chi connectivity index (χ0n) is 13.7. The molecule has 1 aromatic carbocycles. The molecule has 0 amide bonds. The average molecular weight is 336 g/mol. The van der Waals surface area contributed by atoms with Gasteiger partial charge in [-0.15, -0.1) is 0 Å². The predicted octanol–water partition coefficient (Wildman–Crippen LogP) is 3.26. The molecule has 0 unspecified atom stereocenters. The van der Waals surface area contributed by atoms with Crippen LogP contribution in [0.1, 0.15) is 32.6 Å². The first-order valence-corrected chi connectivity index (χ1v) is 7.29. The van der Waals surface area contributed by atoms with Gasteiger partial charge >= 0.3 is 5.97 Å². The summed E-state index contributed by atoms with van der Waals surface area (Å²) in [7, 11) is 0. The Morgan fingerprint density at radius 3 is 2.36 bits per heavy atom. The zero-order chi connectivity index (χ0) is 18.6. The van der Waals surface area contributed by atoms with Gasteiger partial charge in [-0.25, -0.2) is 9.78 Å². The summed E-state index contributed by atoms with van der Waals surface area (Å²) in [5.74, 6) is -1.14. The number of nitrogens with zero attached hydrogens (tertiary/aromatic N) is 2. The molecule has 0 aliphatic carbocycles. The molecule has 126 valence electrons. The van der Waals surface area contributed by atoms with E-state index in [-0.39, 0.29) is 22.8 Å². The fourth-order valence-electron chi connectivity index (χ4n) is 2.49. The second kappa shape index (κ2) is 7.27. The summed E-state index contributed by atoms with van der Waals surface area (Å²) in [4.78, 5) is 14.7. The Morgan fingerprint density at radius 1 is 1.28 bits per heavy atom. The van der Waals surface area contributed by atoms with Crippen LogP contribution in [0.25, 0.3) is 5.57 Å². The van der Waals surface area contributed by atoms with Crippen LogP contribution in [-0.4, -0.2) is 27.4 Å². The Hall–Kier alpha value is -3.66. The fourth-order valence-corrected chi connectivity index (χ4v) is 2.49. The van der Waals surface area contributed by atoms with Crippen molar-refractivity contribution in [1.82, 2.24) is 4.98 Å². The van der Waals surface area contributed by atoms with Crippen molar-refractivity contribution in [2.45, 2.75) is 13.8 Å². The monoisotopic (exact) mass is 336 g/mol. The second-order valence-corrected chi connectivity index (χ2v) is 5.37. The normalized spacial score (nSPS) is 11.2. The lowest BCUT2D eigenvalue weighted by Gasteiger charge is -2.14. The highest BCUT2D eigenvalue weighted by Crippen LogP contribution is 2.25. The first-order chi connectivity index (χ1) is 11.9. The van der Waals surface area contributed by atoms with E-state index in [1.807, 2.05) is 0 Å². The molecule has 25 heavy (non-hydrogen) atoms. The highest BCUT2D eigenvalue weighted by Gasteiger charge is 2.14. The van der Waals surface area contributed by atoms with Gasteiger partial charge in [0.15, 0.2) is 5.88 Å². The van der Waals surface area contributed by atoms with Gasteiger partial charge in [-0.3, -0.25) is 0 Å². The number of nitriles is 1. The van der Waals surface area contributed by atoms with E-state index in [9.17, 15) is 9.90 Å². The Balaban J connectivity index is 2.43. The zero-order valence-corrected chi connectivity index (χ0v) is 13.7. The number of carboxylic acid groups (broad SMARTS) is 1. The molecule has 0 spiro atoms. The molecule has 0 aliphatic rings. The van der Waals surface area contributed by atoms with Gasteiger partial charge in [-0.05, 0) is 54.8 Å². The second-order valence-electron chi connectivity index (χ2n) is 5.37. The number of rotatable bonds is 5. The first-order valence-electron chi connectivity index (χ1n) is 7.29. The van der Waals surface area contributed by atoms with E-state index in [1.165, 1.54) is 18.3 Å². The van der Waals surface area contributed by atoms with Gasteiger partial charge < -0.3 is 20.9 Å². The summed E-state index contributed by atoms with van der Waals surface area (Å²) in [5, 5.41) is 38.5. The van der Waals surface area contributed by atoms with Crippen molar-refractivity contribution in [1.29, 1.82) is 10.7 Å².